The molecular weight excluding hydrogens is 382 g/mol. The summed E-state index contributed by atoms with van der Waals surface area (Å²) in [5, 5.41) is 0. The first-order valence-electron chi connectivity index (χ1n) is 10.4. The number of carbonyl (C=O) groups excluding carboxylic acids is 1. The maximum absolute atomic E-state index is 13.3. The predicted octanol–water partition coefficient (Wildman–Crippen LogP) is 4.20. The van der Waals surface area contributed by atoms with Crippen molar-refractivity contribution in [1.29, 1.82) is 0 Å². The van der Waals surface area contributed by atoms with Crippen LogP contribution in [0, 0.1) is 12.8 Å². The van der Waals surface area contributed by atoms with Gasteiger partial charge in [0.05, 0.1) is 11.9 Å². The Balaban J connectivity index is 1.33. The Kier molecular flexibility index (Phi) is 4.74. The number of hydrogen-bond donors (Lipinski definition) is 0. The summed E-state index contributed by atoms with van der Waals surface area (Å²) in [7, 11) is 0. The lowest BCUT2D eigenvalue weighted by atomic mass is 9.90. The van der Waals surface area contributed by atoms with Crippen LogP contribution in [-0.4, -0.2) is 33.4 Å². The van der Waals surface area contributed by atoms with E-state index in [2.05, 4.69) is 29.2 Å². The number of piperidine rings is 1. The van der Waals surface area contributed by atoms with Gasteiger partial charge in [-0.05, 0) is 50.5 Å². The number of rotatable bonds is 4. The fraction of sp³-hybridized carbons (Fsp3) is 0.435. The van der Waals surface area contributed by atoms with Gasteiger partial charge in [-0.3, -0.25) is 14.2 Å². The molecule has 2 aromatic heterocycles. The van der Waals surface area contributed by atoms with Crippen molar-refractivity contribution in [3.63, 3.8) is 0 Å². The molecule has 1 amide bonds. The molecule has 2 aliphatic rings. The quantitative estimate of drug-likeness (QED) is 0.651. The van der Waals surface area contributed by atoms with Gasteiger partial charge in [-0.2, -0.15) is 0 Å². The third-order valence-electron chi connectivity index (χ3n) is 6.22. The number of likely N-dealkylation sites (tertiary alicyclic amines) is 1. The molecule has 0 unspecified atom stereocenters. The number of nitrogens with zero attached hydrogens (tertiary/aromatic N) is 3. The number of fused-ring (bicyclic) bond motifs is 1. The maximum atomic E-state index is 13.3. The Morgan fingerprint density at radius 1 is 1.14 bits per heavy atom. The van der Waals surface area contributed by atoms with Gasteiger partial charge in [0.1, 0.15) is 10.2 Å². The molecule has 0 spiro atoms. The monoisotopic (exact) mass is 407 g/mol. The molecule has 3 heterocycles. The van der Waals surface area contributed by atoms with Gasteiger partial charge in [0.15, 0.2) is 0 Å². The molecule has 29 heavy (non-hydrogen) atoms. The van der Waals surface area contributed by atoms with Crippen LogP contribution in [-0.2, 0) is 6.42 Å². The van der Waals surface area contributed by atoms with Crippen molar-refractivity contribution >= 4 is 27.5 Å². The summed E-state index contributed by atoms with van der Waals surface area (Å²) in [6, 6.07) is 10.9. The van der Waals surface area contributed by atoms with E-state index in [4.69, 9.17) is 0 Å². The molecule has 6 heteroatoms. The molecule has 1 aliphatic carbocycles. The Hall–Kier alpha value is -2.47. The third-order valence-corrected chi connectivity index (χ3v) is 7.30. The molecule has 5 rings (SSSR count). The molecule has 1 aromatic carbocycles. The molecule has 2 fully saturated rings. The molecule has 1 aliphatic heterocycles. The van der Waals surface area contributed by atoms with E-state index in [1.54, 1.807) is 10.9 Å². The summed E-state index contributed by atoms with van der Waals surface area (Å²) in [5.41, 5.74) is 2.59. The second-order valence-corrected chi connectivity index (χ2v) is 9.55. The van der Waals surface area contributed by atoms with Gasteiger partial charge in [-0.1, -0.05) is 30.3 Å². The Morgan fingerprint density at radius 2 is 1.86 bits per heavy atom. The van der Waals surface area contributed by atoms with E-state index in [1.807, 2.05) is 17.9 Å². The SMILES string of the molecule is Cc1sc2c(=O)n(C3CC3)cnc2c1C(=O)N1CCC(Cc2ccccc2)CC1. The van der Waals surface area contributed by atoms with E-state index in [9.17, 15) is 9.59 Å². The highest BCUT2D eigenvalue weighted by Gasteiger charge is 2.30. The van der Waals surface area contributed by atoms with E-state index in [0.29, 0.717) is 27.7 Å². The second kappa shape index (κ2) is 7.41. The van der Waals surface area contributed by atoms with E-state index < -0.39 is 0 Å². The minimum Gasteiger partial charge on any atom is -0.339 e. The van der Waals surface area contributed by atoms with Gasteiger partial charge in [-0.25, -0.2) is 4.98 Å². The first-order valence-corrected chi connectivity index (χ1v) is 11.3. The summed E-state index contributed by atoms with van der Waals surface area (Å²) in [5.74, 6) is 0.647. The highest BCUT2D eigenvalue weighted by atomic mass is 32.1. The lowest BCUT2D eigenvalue weighted by Crippen LogP contribution is -2.39. The molecule has 0 atom stereocenters. The zero-order valence-electron chi connectivity index (χ0n) is 16.6. The van der Waals surface area contributed by atoms with Crippen LogP contribution in [0.5, 0.6) is 0 Å². The molecule has 1 saturated carbocycles. The summed E-state index contributed by atoms with van der Waals surface area (Å²) in [6.07, 6.45) is 6.83. The number of benzene rings is 1. The van der Waals surface area contributed by atoms with Crippen LogP contribution in [0.3, 0.4) is 0 Å². The van der Waals surface area contributed by atoms with Crippen molar-refractivity contribution in [2.24, 2.45) is 5.92 Å². The summed E-state index contributed by atoms with van der Waals surface area (Å²) >= 11 is 1.42. The highest BCUT2D eigenvalue weighted by molar-refractivity contribution is 7.19. The van der Waals surface area contributed by atoms with Crippen LogP contribution in [0.2, 0.25) is 0 Å². The summed E-state index contributed by atoms with van der Waals surface area (Å²) < 4.78 is 2.36. The molecule has 5 nitrogen and oxygen atoms in total. The third kappa shape index (κ3) is 3.50. The van der Waals surface area contributed by atoms with Gasteiger partial charge in [0.25, 0.3) is 11.5 Å². The van der Waals surface area contributed by atoms with E-state index in [-0.39, 0.29) is 11.5 Å². The standard InChI is InChI=1S/C23H25N3O2S/c1-15-19(20-21(29-15)23(28)26(14-24-20)18-7-8-18)22(27)25-11-9-17(10-12-25)13-16-5-3-2-4-6-16/h2-6,14,17-18H,7-13H2,1H3. The summed E-state index contributed by atoms with van der Waals surface area (Å²) in [6.45, 7) is 3.47. The molecular formula is C23H25N3O2S. The minimum absolute atomic E-state index is 0.00576. The normalized spacial score (nSPS) is 17.8. The minimum atomic E-state index is 0.00576. The predicted molar refractivity (Wildman–Crippen MR) is 116 cm³/mol. The van der Waals surface area contributed by atoms with Gasteiger partial charge in [-0.15, -0.1) is 11.3 Å². The topological polar surface area (TPSA) is 55.2 Å². The van der Waals surface area contributed by atoms with Crippen LogP contribution in [0.1, 0.15) is 52.5 Å². The average molecular weight is 408 g/mol. The molecule has 0 bridgehead atoms. The van der Waals surface area contributed by atoms with Gasteiger partial charge in [0.2, 0.25) is 0 Å². The van der Waals surface area contributed by atoms with Crippen LogP contribution in [0.4, 0.5) is 0 Å². The van der Waals surface area contributed by atoms with E-state index in [0.717, 1.165) is 50.1 Å². The highest BCUT2D eigenvalue weighted by Crippen LogP contribution is 2.35. The number of aromatic nitrogens is 2. The number of thiophene rings is 1. The van der Waals surface area contributed by atoms with Crippen LogP contribution < -0.4 is 5.56 Å². The lowest BCUT2D eigenvalue weighted by molar-refractivity contribution is 0.0692. The largest absolute Gasteiger partial charge is 0.339 e. The Bertz CT molecular complexity index is 1110. The molecule has 1 saturated heterocycles. The van der Waals surface area contributed by atoms with Crippen LogP contribution in [0.15, 0.2) is 41.5 Å². The number of carbonyl (C=O) groups is 1. The second-order valence-electron chi connectivity index (χ2n) is 8.32. The van der Waals surface area contributed by atoms with Gasteiger partial charge >= 0.3 is 0 Å². The van der Waals surface area contributed by atoms with Crippen molar-refractivity contribution in [3.8, 4) is 0 Å². The lowest BCUT2D eigenvalue weighted by Gasteiger charge is -2.32. The average Bonchev–Trinajstić information content (AvgIpc) is 3.51. The Labute approximate surface area is 174 Å². The van der Waals surface area contributed by atoms with E-state index in [1.165, 1.54) is 16.9 Å². The smallest absolute Gasteiger partial charge is 0.271 e. The van der Waals surface area contributed by atoms with Crippen molar-refractivity contribution in [1.82, 2.24) is 14.5 Å². The van der Waals surface area contributed by atoms with Crippen molar-refractivity contribution in [3.05, 3.63) is 63.0 Å². The van der Waals surface area contributed by atoms with Gasteiger partial charge in [0, 0.05) is 24.0 Å². The van der Waals surface area contributed by atoms with Crippen LogP contribution in [0.25, 0.3) is 10.2 Å². The molecule has 3 aromatic rings. The maximum Gasteiger partial charge on any atom is 0.271 e. The fourth-order valence-corrected chi connectivity index (χ4v) is 5.44. The number of amides is 1. The van der Waals surface area contributed by atoms with Crippen molar-refractivity contribution < 1.29 is 4.79 Å². The molecule has 0 radical (unpaired) electrons. The number of aryl methyl sites for hydroxylation is 1. The van der Waals surface area contributed by atoms with Crippen LogP contribution >= 0.6 is 11.3 Å². The van der Waals surface area contributed by atoms with Gasteiger partial charge < -0.3 is 4.90 Å². The molecule has 0 N–H and O–H groups in total. The zero-order valence-corrected chi connectivity index (χ0v) is 17.5. The summed E-state index contributed by atoms with van der Waals surface area (Å²) in [4.78, 5) is 33.5. The first kappa shape index (κ1) is 18.6. The molecule has 150 valence electrons. The first-order chi connectivity index (χ1) is 14.1. The van der Waals surface area contributed by atoms with Crippen molar-refractivity contribution in [2.75, 3.05) is 13.1 Å². The Morgan fingerprint density at radius 3 is 2.55 bits per heavy atom. The number of hydrogen-bond acceptors (Lipinski definition) is 4. The van der Waals surface area contributed by atoms with E-state index >= 15 is 0 Å². The fourth-order valence-electron chi connectivity index (χ4n) is 4.40. The zero-order chi connectivity index (χ0) is 20.0. The van der Waals surface area contributed by atoms with Crippen molar-refractivity contribution in [2.45, 2.75) is 45.1 Å².